The van der Waals surface area contributed by atoms with E-state index in [2.05, 4.69) is 5.32 Å². The van der Waals surface area contributed by atoms with E-state index in [0.29, 0.717) is 6.54 Å². The SMILES string of the molecule is Cc1ccc(S(=O)(=O)N(CC(=O)N(Cc2ccccc2C)C(C)C(=O)NCC(C)C)c2ccc(F)cc2)cc1. The van der Waals surface area contributed by atoms with Gasteiger partial charge in [0.05, 0.1) is 10.6 Å². The third-order valence-electron chi connectivity index (χ3n) is 6.46. The number of carbonyl (C=O) groups excluding carboxylic acids is 2. The molecule has 0 aliphatic rings. The Kier molecular flexibility index (Phi) is 9.86. The number of anilines is 1. The lowest BCUT2D eigenvalue weighted by molar-refractivity contribution is -0.139. The predicted molar refractivity (Wildman–Crippen MR) is 151 cm³/mol. The smallest absolute Gasteiger partial charge is 0.264 e. The van der Waals surface area contributed by atoms with Crippen molar-refractivity contribution >= 4 is 27.5 Å². The molecule has 7 nitrogen and oxygen atoms in total. The first-order valence-electron chi connectivity index (χ1n) is 12.9. The molecule has 0 saturated carbocycles. The number of halogens is 1. The zero-order valence-electron chi connectivity index (χ0n) is 23.0. The molecule has 0 heterocycles. The van der Waals surface area contributed by atoms with Crippen molar-refractivity contribution in [2.75, 3.05) is 17.4 Å². The van der Waals surface area contributed by atoms with Crippen LogP contribution in [0.1, 0.15) is 37.5 Å². The van der Waals surface area contributed by atoms with E-state index in [4.69, 9.17) is 0 Å². The quantitative estimate of drug-likeness (QED) is 0.369. The van der Waals surface area contributed by atoms with Gasteiger partial charge in [0.2, 0.25) is 11.8 Å². The van der Waals surface area contributed by atoms with Gasteiger partial charge >= 0.3 is 0 Å². The van der Waals surface area contributed by atoms with Crippen LogP contribution in [0.4, 0.5) is 10.1 Å². The monoisotopic (exact) mass is 553 g/mol. The molecule has 1 atom stereocenters. The predicted octanol–water partition coefficient (Wildman–Crippen LogP) is 4.83. The zero-order valence-corrected chi connectivity index (χ0v) is 23.8. The molecule has 3 rings (SSSR count). The molecule has 3 aromatic carbocycles. The highest BCUT2D eigenvalue weighted by molar-refractivity contribution is 7.92. The van der Waals surface area contributed by atoms with Gasteiger partial charge in [-0.25, -0.2) is 12.8 Å². The van der Waals surface area contributed by atoms with Crippen molar-refractivity contribution in [2.45, 2.75) is 52.1 Å². The Morgan fingerprint density at radius 2 is 1.51 bits per heavy atom. The van der Waals surface area contributed by atoms with Gasteiger partial charge in [0.25, 0.3) is 10.0 Å². The van der Waals surface area contributed by atoms with Gasteiger partial charge in [-0.15, -0.1) is 0 Å². The van der Waals surface area contributed by atoms with Crippen molar-refractivity contribution in [2.24, 2.45) is 5.92 Å². The third-order valence-corrected chi connectivity index (χ3v) is 8.24. The molecule has 0 spiro atoms. The van der Waals surface area contributed by atoms with Crippen LogP contribution in [0.2, 0.25) is 0 Å². The summed E-state index contributed by atoms with van der Waals surface area (Å²) in [5, 5.41) is 2.86. The van der Waals surface area contributed by atoms with E-state index < -0.39 is 34.3 Å². The fourth-order valence-corrected chi connectivity index (χ4v) is 5.39. The number of nitrogens with one attached hydrogen (secondary N) is 1. The normalized spacial score (nSPS) is 12.2. The maximum absolute atomic E-state index is 13.9. The number of rotatable bonds is 11. The van der Waals surface area contributed by atoms with Crippen LogP contribution in [0.3, 0.4) is 0 Å². The number of sulfonamides is 1. The Balaban J connectivity index is 2.01. The minimum Gasteiger partial charge on any atom is -0.354 e. The van der Waals surface area contributed by atoms with Gasteiger partial charge in [0, 0.05) is 13.1 Å². The highest BCUT2D eigenvalue weighted by atomic mass is 32.2. The fraction of sp³-hybridized carbons (Fsp3) is 0.333. The van der Waals surface area contributed by atoms with Crippen molar-refractivity contribution in [3.63, 3.8) is 0 Å². The van der Waals surface area contributed by atoms with E-state index in [9.17, 15) is 22.4 Å². The van der Waals surface area contributed by atoms with Crippen molar-refractivity contribution in [1.29, 1.82) is 0 Å². The number of hydrogen-bond acceptors (Lipinski definition) is 4. The van der Waals surface area contributed by atoms with Crippen molar-refractivity contribution in [3.05, 3.63) is 95.3 Å². The van der Waals surface area contributed by atoms with E-state index >= 15 is 0 Å². The number of benzene rings is 3. The number of aryl methyl sites for hydroxylation is 2. The Morgan fingerprint density at radius 1 is 0.897 bits per heavy atom. The van der Waals surface area contributed by atoms with E-state index in [0.717, 1.165) is 33.1 Å². The molecular weight excluding hydrogens is 517 g/mol. The Labute approximate surface area is 230 Å². The molecule has 0 bridgehead atoms. The summed E-state index contributed by atoms with van der Waals surface area (Å²) in [6.07, 6.45) is 0. The topological polar surface area (TPSA) is 86.8 Å². The Morgan fingerprint density at radius 3 is 2.10 bits per heavy atom. The highest BCUT2D eigenvalue weighted by Crippen LogP contribution is 2.25. The number of carbonyl (C=O) groups is 2. The molecule has 39 heavy (non-hydrogen) atoms. The molecule has 0 aliphatic carbocycles. The van der Waals surface area contributed by atoms with E-state index in [1.165, 1.54) is 29.2 Å². The summed E-state index contributed by atoms with van der Waals surface area (Å²) < 4.78 is 42.2. The van der Waals surface area contributed by atoms with Crippen LogP contribution >= 0.6 is 0 Å². The van der Waals surface area contributed by atoms with Crippen LogP contribution in [-0.4, -0.2) is 44.3 Å². The molecule has 0 aromatic heterocycles. The molecule has 0 radical (unpaired) electrons. The molecule has 3 aromatic rings. The first kappa shape index (κ1) is 29.8. The van der Waals surface area contributed by atoms with Crippen LogP contribution in [0, 0.1) is 25.6 Å². The van der Waals surface area contributed by atoms with Gasteiger partial charge in [0.15, 0.2) is 0 Å². The molecule has 208 valence electrons. The third kappa shape index (κ3) is 7.66. The molecule has 1 unspecified atom stereocenters. The summed E-state index contributed by atoms with van der Waals surface area (Å²) in [5.41, 5.74) is 2.79. The first-order chi connectivity index (χ1) is 18.4. The van der Waals surface area contributed by atoms with Crippen LogP contribution in [-0.2, 0) is 26.2 Å². The Hall–Kier alpha value is -3.72. The summed E-state index contributed by atoms with van der Waals surface area (Å²) in [7, 11) is -4.20. The van der Waals surface area contributed by atoms with Crippen molar-refractivity contribution < 1.29 is 22.4 Å². The lowest BCUT2D eigenvalue weighted by atomic mass is 10.1. The maximum atomic E-state index is 13.9. The van der Waals surface area contributed by atoms with Crippen LogP contribution < -0.4 is 9.62 Å². The van der Waals surface area contributed by atoms with Crippen LogP contribution in [0.15, 0.2) is 77.7 Å². The number of hydrogen-bond donors (Lipinski definition) is 1. The molecule has 2 amide bonds. The van der Waals surface area contributed by atoms with Crippen LogP contribution in [0.25, 0.3) is 0 Å². The summed E-state index contributed by atoms with van der Waals surface area (Å²) in [6, 6.07) is 17.8. The largest absolute Gasteiger partial charge is 0.354 e. The van der Waals surface area contributed by atoms with Crippen LogP contribution in [0.5, 0.6) is 0 Å². The summed E-state index contributed by atoms with van der Waals surface area (Å²) in [5.74, 6) is -1.21. The van der Waals surface area contributed by atoms with Gasteiger partial charge in [-0.05, 0) is 74.2 Å². The van der Waals surface area contributed by atoms with Crippen molar-refractivity contribution in [1.82, 2.24) is 10.2 Å². The minimum absolute atomic E-state index is 0.00148. The highest BCUT2D eigenvalue weighted by Gasteiger charge is 2.32. The summed E-state index contributed by atoms with van der Waals surface area (Å²) >= 11 is 0. The number of amides is 2. The second-order valence-electron chi connectivity index (χ2n) is 10.1. The lowest BCUT2D eigenvalue weighted by Gasteiger charge is -2.32. The molecule has 0 fully saturated rings. The zero-order chi connectivity index (χ0) is 28.7. The first-order valence-corrected chi connectivity index (χ1v) is 14.3. The molecule has 1 N–H and O–H groups in total. The number of nitrogens with zero attached hydrogens (tertiary/aromatic N) is 2. The average Bonchev–Trinajstić information content (AvgIpc) is 2.90. The second kappa shape index (κ2) is 12.9. The maximum Gasteiger partial charge on any atom is 0.264 e. The van der Waals surface area contributed by atoms with E-state index in [1.54, 1.807) is 19.1 Å². The van der Waals surface area contributed by atoms with E-state index in [1.807, 2.05) is 52.0 Å². The second-order valence-corrected chi connectivity index (χ2v) is 11.9. The molecule has 9 heteroatoms. The summed E-state index contributed by atoms with van der Waals surface area (Å²) in [6.45, 7) is 9.30. The van der Waals surface area contributed by atoms with Gasteiger partial charge in [-0.1, -0.05) is 55.8 Å². The van der Waals surface area contributed by atoms with Crippen molar-refractivity contribution in [3.8, 4) is 0 Å². The fourth-order valence-electron chi connectivity index (χ4n) is 3.98. The minimum atomic E-state index is -4.20. The molecule has 0 aliphatic heterocycles. The molecule has 0 saturated heterocycles. The molecular formula is C30H36FN3O4S. The summed E-state index contributed by atoms with van der Waals surface area (Å²) in [4.78, 5) is 28.3. The van der Waals surface area contributed by atoms with Gasteiger partial charge in [0.1, 0.15) is 18.4 Å². The average molecular weight is 554 g/mol. The van der Waals surface area contributed by atoms with Gasteiger partial charge in [-0.3, -0.25) is 13.9 Å². The standard InChI is InChI=1S/C30H36FN3O4S/c1-21(2)18-32-30(36)24(5)33(19-25-9-7-6-8-23(25)4)29(35)20-34(27-14-12-26(31)13-15-27)39(37,38)28-16-10-22(3)11-17-28/h6-17,21,24H,18-20H2,1-5H3,(H,32,36). The van der Waals surface area contributed by atoms with Gasteiger partial charge in [-0.2, -0.15) is 0 Å². The van der Waals surface area contributed by atoms with Gasteiger partial charge < -0.3 is 10.2 Å². The Bertz CT molecular complexity index is 1390. The lowest BCUT2D eigenvalue weighted by Crippen LogP contribution is -2.51. The van der Waals surface area contributed by atoms with E-state index in [-0.39, 0.29) is 29.0 Å².